The number of nitrogens with zero attached hydrogens (tertiary/aromatic N) is 4. The Morgan fingerprint density at radius 1 is 0.565 bits per heavy atom. The molecular formula is C57H42N4O. The largest absolute Gasteiger partial charge is 0.458 e. The Morgan fingerprint density at radius 2 is 1.27 bits per heavy atom. The zero-order chi connectivity index (χ0) is 50.3. The van der Waals surface area contributed by atoms with Crippen LogP contribution < -0.4 is 9.30 Å². The molecule has 0 unspecified atom stereocenters. The van der Waals surface area contributed by atoms with Crippen LogP contribution in [0.5, 0.6) is 11.5 Å². The Kier molecular flexibility index (Phi) is 6.94. The third-order valence-corrected chi connectivity index (χ3v) is 11.2. The van der Waals surface area contributed by atoms with Crippen LogP contribution in [-0.2, 0) is 0 Å². The van der Waals surface area contributed by atoms with Crippen molar-refractivity contribution >= 4 is 32.8 Å². The van der Waals surface area contributed by atoms with E-state index in [1.807, 2.05) is 91.1 Å². The van der Waals surface area contributed by atoms with Gasteiger partial charge in [0.2, 0.25) is 0 Å². The SMILES string of the molecule is [2H]c1c([2H])c([2H])c(-c2cccc(-c3c([2H])c([2H])c([2H])c([2H])c3[2H])c2-[n+]2[c-]n(-c3cccc(Oc4ccc5c6cc(-c7ccccc7)ccc6n(-c6cc(C(C)C)ccn6)c5c4)c3)c3ccccc32)c([2H])c1[2H]. The molecule has 0 saturated carbocycles. The maximum absolute atomic E-state index is 9.02. The van der Waals surface area contributed by atoms with E-state index in [1.165, 1.54) is 5.56 Å². The van der Waals surface area contributed by atoms with E-state index in [1.54, 1.807) is 27.3 Å². The minimum absolute atomic E-state index is 0.130. The lowest BCUT2D eigenvalue weighted by Crippen LogP contribution is -2.31. The van der Waals surface area contributed by atoms with E-state index in [0.717, 1.165) is 38.8 Å². The van der Waals surface area contributed by atoms with Crippen LogP contribution in [0.2, 0.25) is 0 Å². The van der Waals surface area contributed by atoms with Crippen molar-refractivity contribution in [1.82, 2.24) is 14.1 Å². The summed E-state index contributed by atoms with van der Waals surface area (Å²) in [5.41, 5.74) is 7.38. The van der Waals surface area contributed by atoms with Crippen LogP contribution >= 0.6 is 0 Å². The van der Waals surface area contributed by atoms with Crippen molar-refractivity contribution in [2.24, 2.45) is 0 Å². The first-order valence-corrected chi connectivity index (χ1v) is 20.3. The highest BCUT2D eigenvalue weighted by Crippen LogP contribution is 2.39. The lowest BCUT2D eigenvalue weighted by Gasteiger charge is -2.17. The van der Waals surface area contributed by atoms with Crippen molar-refractivity contribution in [2.75, 3.05) is 0 Å². The van der Waals surface area contributed by atoms with Crippen LogP contribution in [0.15, 0.2) is 212 Å². The maximum Gasteiger partial charge on any atom is 0.269 e. The van der Waals surface area contributed by atoms with Gasteiger partial charge in [0.1, 0.15) is 17.3 Å². The molecule has 0 aliphatic rings. The zero-order valence-electron chi connectivity index (χ0n) is 43.7. The summed E-state index contributed by atoms with van der Waals surface area (Å²) in [6.45, 7) is 4.33. The number of rotatable bonds is 9. The summed E-state index contributed by atoms with van der Waals surface area (Å²) >= 11 is 0. The average molecular weight is 809 g/mol. The second-order valence-electron chi connectivity index (χ2n) is 15.3. The molecule has 5 heteroatoms. The molecular weight excluding hydrogens is 757 g/mol. The number of hydrogen-bond acceptors (Lipinski definition) is 2. The van der Waals surface area contributed by atoms with E-state index in [2.05, 4.69) is 67.2 Å². The molecule has 11 aromatic rings. The van der Waals surface area contributed by atoms with Crippen LogP contribution in [0.3, 0.4) is 0 Å². The summed E-state index contributed by atoms with van der Waals surface area (Å²) in [5, 5.41) is 2.10. The molecule has 8 aromatic carbocycles. The minimum atomic E-state index is -0.567. The molecule has 0 spiro atoms. The summed E-state index contributed by atoms with van der Waals surface area (Å²) < 4.78 is 99.4. The summed E-state index contributed by atoms with van der Waals surface area (Å²) in [4.78, 5) is 4.87. The van der Waals surface area contributed by atoms with Crippen molar-refractivity contribution in [2.45, 2.75) is 19.8 Å². The molecule has 0 N–H and O–H groups in total. The fourth-order valence-corrected chi connectivity index (χ4v) is 8.23. The predicted octanol–water partition coefficient (Wildman–Crippen LogP) is 14.1. The second kappa shape index (κ2) is 15.5. The number of imidazole rings is 1. The van der Waals surface area contributed by atoms with Gasteiger partial charge in [-0.1, -0.05) is 159 Å². The second-order valence-corrected chi connectivity index (χ2v) is 15.3. The van der Waals surface area contributed by atoms with Crippen molar-refractivity contribution in [1.29, 1.82) is 0 Å². The van der Waals surface area contributed by atoms with Gasteiger partial charge in [-0.15, -0.1) is 0 Å². The Morgan fingerprint density at radius 3 is 2.03 bits per heavy atom. The monoisotopic (exact) mass is 808 g/mol. The molecule has 62 heavy (non-hydrogen) atoms. The van der Waals surface area contributed by atoms with E-state index in [-0.39, 0.29) is 27.9 Å². The molecule has 11 rings (SSSR count). The summed E-state index contributed by atoms with van der Waals surface area (Å²) in [6.07, 6.45) is 5.30. The minimum Gasteiger partial charge on any atom is -0.458 e. The number of para-hydroxylation sites is 3. The van der Waals surface area contributed by atoms with Gasteiger partial charge in [0, 0.05) is 23.0 Å². The fourth-order valence-electron chi connectivity index (χ4n) is 8.23. The molecule has 0 amide bonds. The molecule has 0 saturated heterocycles. The number of ether oxygens (including phenoxy) is 1. The summed E-state index contributed by atoms with van der Waals surface area (Å²) in [5.74, 6) is 2.18. The van der Waals surface area contributed by atoms with Gasteiger partial charge in [0.25, 0.3) is 6.33 Å². The van der Waals surface area contributed by atoms with Gasteiger partial charge >= 0.3 is 0 Å². The van der Waals surface area contributed by atoms with Crippen molar-refractivity contribution in [3.05, 3.63) is 224 Å². The van der Waals surface area contributed by atoms with Crippen molar-refractivity contribution < 1.29 is 23.0 Å². The molecule has 0 bridgehead atoms. The van der Waals surface area contributed by atoms with Crippen LogP contribution in [-0.4, -0.2) is 14.1 Å². The highest BCUT2D eigenvalue weighted by Gasteiger charge is 2.21. The van der Waals surface area contributed by atoms with Gasteiger partial charge in [0.05, 0.1) is 47.1 Å². The van der Waals surface area contributed by atoms with E-state index in [0.29, 0.717) is 34.1 Å². The van der Waals surface area contributed by atoms with Crippen molar-refractivity contribution in [3.8, 4) is 62.1 Å². The van der Waals surface area contributed by atoms with Crippen LogP contribution in [0.25, 0.3) is 83.4 Å². The molecule has 3 heterocycles. The third kappa shape index (κ3) is 6.61. The van der Waals surface area contributed by atoms with E-state index in [4.69, 9.17) is 23.4 Å². The van der Waals surface area contributed by atoms with E-state index in [9.17, 15) is 0 Å². The van der Waals surface area contributed by atoms with Gasteiger partial charge < -0.3 is 4.74 Å². The van der Waals surface area contributed by atoms with E-state index < -0.39 is 60.4 Å². The Balaban J connectivity index is 1.07. The van der Waals surface area contributed by atoms with Gasteiger partial charge in [-0.05, 0) is 99.5 Å². The first-order chi connectivity index (χ1) is 34.7. The predicted molar refractivity (Wildman–Crippen MR) is 253 cm³/mol. The Hall–Kier alpha value is -8.02. The number of benzene rings is 8. The highest BCUT2D eigenvalue weighted by atomic mass is 16.5. The van der Waals surface area contributed by atoms with Crippen molar-refractivity contribution in [3.63, 3.8) is 0 Å². The topological polar surface area (TPSA) is 35.9 Å². The smallest absolute Gasteiger partial charge is 0.269 e. The van der Waals surface area contributed by atoms with Crippen LogP contribution in [0.1, 0.15) is 39.0 Å². The first-order valence-electron chi connectivity index (χ1n) is 25.3. The van der Waals surface area contributed by atoms with Gasteiger partial charge in [-0.3, -0.25) is 13.7 Å². The van der Waals surface area contributed by atoms with Crippen LogP contribution in [0.4, 0.5) is 0 Å². The molecule has 0 fully saturated rings. The van der Waals surface area contributed by atoms with Crippen LogP contribution in [0, 0.1) is 6.33 Å². The van der Waals surface area contributed by atoms with Gasteiger partial charge in [0.15, 0.2) is 0 Å². The quantitative estimate of drug-likeness (QED) is 0.108. The molecule has 0 aliphatic heterocycles. The standard InChI is InChI=1S/C57H42N4O/c1-39(2)43-32-33-58-56(35-43)61-52-31-28-44(40-16-6-3-7-17-40)34-51(52)50-30-29-47(37-55(50)61)62-46-23-14-22-45(36-46)59-38-60(54-27-13-12-26-53(54)59)57-48(41-18-8-4-9-19-41)24-15-25-49(57)42-20-10-5-11-21-42/h3-37,39H,1-2H3/i4D,5D,8D,9D,10D,11D,18D,19D,20D,21D. The molecule has 0 atom stereocenters. The Bertz CT molecular complexity index is 3870. The molecule has 0 radical (unpaired) electrons. The first kappa shape index (κ1) is 27.7. The fraction of sp³-hybridized carbons (Fsp3) is 0.0526. The lowest BCUT2D eigenvalue weighted by atomic mass is 9.95. The molecule has 5 nitrogen and oxygen atoms in total. The highest BCUT2D eigenvalue weighted by molar-refractivity contribution is 6.10. The lowest BCUT2D eigenvalue weighted by molar-refractivity contribution is -0.571. The average Bonchev–Trinajstić information content (AvgIpc) is 3.94. The third-order valence-electron chi connectivity index (χ3n) is 11.2. The molecule has 3 aromatic heterocycles. The van der Waals surface area contributed by atoms with E-state index >= 15 is 0 Å². The maximum atomic E-state index is 9.02. The number of hydrogen-bond donors (Lipinski definition) is 0. The van der Waals surface area contributed by atoms with Gasteiger partial charge in [-0.2, -0.15) is 0 Å². The zero-order valence-corrected chi connectivity index (χ0v) is 33.7. The molecule has 296 valence electrons. The molecule has 0 aliphatic carbocycles. The normalized spacial score (nSPS) is 13.8. The number of pyridine rings is 1. The summed E-state index contributed by atoms with van der Waals surface area (Å²) in [6, 6.07) is 41.5. The number of fused-ring (bicyclic) bond motifs is 4. The number of aromatic nitrogens is 4. The van der Waals surface area contributed by atoms with Gasteiger partial charge in [-0.25, -0.2) is 4.98 Å². The summed E-state index contributed by atoms with van der Waals surface area (Å²) in [7, 11) is 0. The Labute approximate surface area is 375 Å².